The van der Waals surface area contributed by atoms with Crippen LogP contribution in [0.1, 0.15) is 33.5 Å². The van der Waals surface area contributed by atoms with Gasteiger partial charge in [-0.15, -0.1) is 0 Å². The van der Waals surface area contributed by atoms with Gasteiger partial charge < -0.3 is 5.32 Å². The van der Waals surface area contributed by atoms with Crippen LogP contribution in [0.5, 0.6) is 0 Å². The van der Waals surface area contributed by atoms with Crippen molar-refractivity contribution >= 4 is 5.91 Å². The Morgan fingerprint density at radius 2 is 1.74 bits per heavy atom. The fourth-order valence-electron chi connectivity index (χ4n) is 2.24. The Labute approximate surface area is 134 Å². The Morgan fingerprint density at radius 1 is 0.957 bits per heavy atom. The van der Waals surface area contributed by atoms with E-state index in [4.69, 9.17) is 0 Å². The molecule has 0 radical (unpaired) electrons. The number of rotatable bonds is 4. The summed E-state index contributed by atoms with van der Waals surface area (Å²) in [5.74, 6) is -0.281. The minimum Gasteiger partial charge on any atom is -0.338 e. The number of amides is 1. The van der Waals surface area contributed by atoms with E-state index >= 15 is 0 Å². The summed E-state index contributed by atoms with van der Waals surface area (Å²) < 4.78 is 0. The van der Waals surface area contributed by atoms with Crippen molar-refractivity contribution < 1.29 is 4.79 Å². The average molecular weight is 304 g/mol. The van der Waals surface area contributed by atoms with Crippen molar-refractivity contribution in [1.29, 1.82) is 0 Å². The maximum absolute atomic E-state index is 12.5. The number of carbonyl (C=O) groups excluding carboxylic acids is 1. The summed E-state index contributed by atoms with van der Waals surface area (Å²) in [6, 6.07) is 15.0. The van der Waals surface area contributed by atoms with Crippen LogP contribution in [0.15, 0.2) is 67.1 Å². The zero-order chi connectivity index (χ0) is 16.1. The van der Waals surface area contributed by atoms with Gasteiger partial charge in [0.15, 0.2) is 0 Å². The first-order valence-electron chi connectivity index (χ1n) is 7.29. The molecule has 0 fully saturated rings. The number of hydrogen-bond donors (Lipinski definition) is 1. The van der Waals surface area contributed by atoms with Gasteiger partial charge in [-0.3, -0.25) is 14.8 Å². The number of nitrogens with zero attached hydrogens (tertiary/aromatic N) is 3. The SMILES string of the molecule is Cc1cnc(C(=O)N[C@H](c2ccccc2)c2ccccn2)cn1. The smallest absolute Gasteiger partial charge is 0.272 e. The lowest BCUT2D eigenvalue weighted by Crippen LogP contribution is -2.30. The highest BCUT2D eigenvalue weighted by Gasteiger charge is 2.19. The summed E-state index contributed by atoms with van der Waals surface area (Å²) in [5.41, 5.74) is 2.78. The molecular formula is C18H16N4O. The fraction of sp³-hybridized carbons (Fsp3) is 0.111. The molecule has 0 unspecified atom stereocenters. The summed E-state index contributed by atoms with van der Waals surface area (Å²) in [6.45, 7) is 1.83. The maximum atomic E-state index is 12.5. The highest BCUT2D eigenvalue weighted by Crippen LogP contribution is 2.20. The quantitative estimate of drug-likeness (QED) is 0.804. The van der Waals surface area contributed by atoms with E-state index in [-0.39, 0.29) is 17.6 Å². The lowest BCUT2D eigenvalue weighted by atomic mass is 10.0. The molecule has 0 bridgehead atoms. The molecule has 0 aliphatic heterocycles. The van der Waals surface area contributed by atoms with E-state index in [1.54, 1.807) is 12.4 Å². The topological polar surface area (TPSA) is 67.8 Å². The van der Waals surface area contributed by atoms with Crippen molar-refractivity contribution in [2.24, 2.45) is 0 Å². The van der Waals surface area contributed by atoms with Gasteiger partial charge in [0.05, 0.1) is 23.6 Å². The molecule has 5 heteroatoms. The molecule has 3 aromatic rings. The molecule has 0 saturated heterocycles. The maximum Gasteiger partial charge on any atom is 0.272 e. The molecule has 0 spiro atoms. The van der Waals surface area contributed by atoms with Crippen LogP contribution in [-0.4, -0.2) is 20.9 Å². The third-order valence-corrected chi connectivity index (χ3v) is 3.41. The van der Waals surface area contributed by atoms with Gasteiger partial charge in [0.25, 0.3) is 5.91 Å². The fourth-order valence-corrected chi connectivity index (χ4v) is 2.24. The first-order chi connectivity index (χ1) is 11.2. The summed E-state index contributed by atoms with van der Waals surface area (Å²) in [6.07, 6.45) is 4.77. The Balaban J connectivity index is 1.90. The van der Waals surface area contributed by atoms with Crippen LogP contribution in [0.3, 0.4) is 0 Å². The lowest BCUT2D eigenvalue weighted by molar-refractivity contribution is 0.0937. The molecule has 3 rings (SSSR count). The highest BCUT2D eigenvalue weighted by molar-refractivity contribution is 5.92. The zero-order valence-electron chi connectivity index (χ0n) is 12.7. The second kappa shape index (κ2) is 6.79. The van der Waals surface area contributed by atoms with E-state index < -0.39 is 0 Å². The van der Waals surface area contributed by atoms with E-state index in [0.29, 0.717) is 0 Å². The molecule has 0 aliphatic rings. The van der Waals surface area contributed by atoms with Crippen molar-refractivity contribution in [1.82, 2.24) is 20.3 Å². The van der Waals surface area contributed by atoms with Gasteiger partial charge in [0.1, 0.15) is 5.69 Å². The van der Waals surface area contributed by atoms with Crippen LogP contribution in [0.25, 0.3) is 0 Å². The Bertz CT molecular complexity index is 734. The third kappa shape index (κ3) is 3.58. The molecule has 1 aromatic carbocycles. The normalized spacial score (nSPS) is 11.7. The zero-order valence-corrected chi connectivity index (χ0v) is 12.7. The third-order valence-electron chi connectivity index (χ3n) is 3.41. The number of carbonyl (C=O) groups is 1. The largest absolute Gasteiger partial charge is 0.338 e. The molecule has 0 saturated carbocycles. The lowest BCUT2D eigenvalue weighted by Gasteiger charge is -2.18. The monoisotopic (exact) mass is 304 g/mol. The number of benzene rings is 1. The molecule has 0 aliphatic carbocycles. The van der Waals surface area contributed by atoms with Crippen molar-refractivity contribution in [3.8, 4) is 0 Å². The molecule has 1 N–H and O–H groups in total. The predicted octanol–water partition coefficient (Wildman–Crippen LogP) is 2.70. The number of aryl methyl sites for hydroxylation is 1. The van der Waals surface area contributed by atoms with Crippen molar-refractivity contribution in [2.45, 2.75) is 13.0 Å². The number of pyridine rings is 1. The van der Waals surface area contributed by atoms with E-state index in [1.165, 1.54) is 6.20 Å². The van der Waals surface area contributed by atoms with Gasteiger partial charge >= 0.3 is 0 Å². The minimum atomic E-state index is -0.340. The van der Waals surface area contributed by atoms with Gasteiger partial charge in [-0.2, -0.15) is 0 Å². The highest BCUT2D eigenvalue weighted by atomic mass is 16.1. The van der Waals surface area contributed by atoms with E-state index in [0.717, 1.165) is 17.0 Å². The molecule has 1 amide bonds. The average Bonchev–Trinajstić information content (AvgIpc) is 2.61. The molecular weight excluding hydrogens is 288 g/mol. The molecule has 5 nitrogen and oxygen atoms in total. The van der Waals surface area contributed by atoms with Gasteiger partial charge in [-0.25, -0.2) is 4.98 Å². The first kappa shape index (κ1) is 14.8. The van der Waals surface area contributed by atoms with Gasteiger partial charge in [0, 0.05) is 12.4 Å². The van der Waals surface area contributed by atoms with E-state index in [9.17, 15) is 4.79 Å². The Morgan fingerprint density at radius 3 is 2.39 bits per heavy atom. The molecule has 23 heavy (non-hydrogen) atoms. The second-order valence-corrected chi connectivity index (χ2v) is 5.11. The van der Waals surface area contributed by atoms with Gasteiger partial charge in [-0.1, -0.05) is 36.4 Å². The van der Waals surface area contributed by atoms with E-state index in [2.05, 4.69) is 20.3 Å². The number of nitrogens with one attached hydrogen (secondary N) is 1. The molecule has 1 atom stereocenters. The summed E-state index contributed by atoms with van der Waals surface area (Å²) in [7, 11) is 0. The van der Waals surface area contributed by atoms with Crippen LogP contribution >= 0.6 is 0 Å². The summed E-state index contributed by atoms with van der Waals surface area (Å²) in [4.78, 5) is 25.1. The van der Waals surface area contributed by atoms with Crippen LogP contribution in [-0.2, 0) is 0 Å². The van der Waals surface area contributed by atoms with Crippen molar-refractivity contribution in [3.63, 3.8) is 0 Å². The first-order valence-corrected chi connectivity index (χ1v) is 7.29. The van der Waals surface area contributed by atoms with Crippen molar-refractivity contribution in [2.75, 3.05) is 0 Å². The predicted molar refractivity (Wildman–Crippen MR) is 86.8 cm³/mol. The van der Waals surface area contributed by atoms with Crippen LogP contribution in [0.2, 0.25) is 0 Å². The minimum absolute atomic E-state index is 0.281. The molecule has 2 aromatic heterocycles. The van der Waals surface area contributed by atoms with Gasteiger partial charge in [-0.05, 0) is 24.6 Å². The Hall–Kier alpha value is -3.08. The standard InChI is InChI=1S/C18H16N4O/c1-13-11-21-16(12-20-13)18(23)22-17(14-7-3-2-4-8-14)15-9-5-6-10-19-15/h2-12,17H,1H3,(H,22,23)/t17-/m1/s1. The molecule has 114 valence electrons. The van der Waals surface area contributed by atoms with Crippen LogP contribution < -0.4 is 5.32 Å². The Kier molecular flexibility index (Phi) is 4.38. The van der Waals surface area contributed by atoms with Crippen molar-refractivity contribution in [3.05, 3.63) is 89.8 Å². The number of hydrogen-bond acceptors (Lipinski definition) is 4. The summed E-state index contributed by atoms with van der Waals surface area (Å²) in [5, 5.41) is 2.98. The second-order valence-electron chi connectivity index (χ2n) is 5.11. The number of aromatic nitrogens is 3. The van der Waals surface area contributed by atoms with Crippen LogP contribution in [0, 0.1) is 6.92 Å². The summed E-state index contributed by atoms with van der Waals surface area (Å²) >= 11 is 0. The van der Waals surface area contributed by atoms with E-state index in [1.807, 2.05) is 55.5 Å². The molecule has 2 heterocycles. The van der Waals surface area contributed by atoms with Gasteiger partial charge in [0.2, 0.25) is 0 Å². The van der Waals surface area contributed by atoms with Crippen LogP contribution in [0.4, 0.5) is 0 Å².